The molecule has 152 valence electrons. The number of hydrogen-bond acceptors (Lipinski definition) is 6. The van der Waals surface area contributed by atoms with Crippen LogP contribution >= 0.6 is 0 Å². The van der Waals surface area contributed by atoms with Crippen molar-refractivity contribution in [1.82, 2.24) is 20.1 Å². The SMILES string of the molecule is Cc1cnc(CC(=O)Nc2cc([C@H]3CC[C@@H](OC(=O)N(C)C(C)C)C3)[nH]n2)o1. The predicted octanol–water partition coefficient (Wildman–Crippen LogP) is 3.00. The maximum Gasteiger partial charge on any atom is 0.410 e. The summed E-state index contributed by atoms with van der Waals surface area (Å²) in [6.45, 7) is 5.67. The molecule has 0 aromatic carbocycles. The maximum atomic E-state index is 12.1. The molecule has 1 aliphatic rings. The average molecular weight is 389 g/mol. The number of nitrogens with zero attached hydrogens (tertiary/aromatic N) is 3. The van der Waals surface area contributed by atoms with Gasteiger partial charge in [-0.25, -0.2) is 9.78 Å². The van der Waals surface area contributed by atoms with Crippen molar-refractivity contribution in [2.75, 3.05) is 12.4 Å². The van der Waals surface area contributed by atoms with Crippen LogP contribution in [0.3, 0.4) is 0 Å². The molecule has 2 atom stereocenters. The molecule has 9 heteroatoms. The highest BCUT2D eigenvalue weighted by Crippen LogP contribution is 2.36. The normalized spacial score (nSPS) is 19.0. The van der Waals surface area contributed by atoms with Gasteiger partial charge in [-0.1, -0.05) is 0 Å². The third-order valence-corrected chi connectivity index (χ3v) is 5.00. The van der Waals surface area contributed by atoms with Crippen molar-refractivity contribution in [2.24, 2.45) is 0 Å². The largest absolute Gasteiger partial charge is 0.446 e. The number of aromatic nitrogens is 3. The highest BCUT2D eigenvalue weighted by Gasteiger charge is 2.31. The summed E-state index contributed by atoms with van der Waals surface area (Å²) in [6, 6.07) is 1.93. The number of oxazole rings is 1. The van der Waals surface area contributed by atoms with Gasteiger partial charge in [-0.3, -0.25) is 9.89 Å². The number of ether oxygens (including phenoxy) is 1. The quantitative estimate of drug-likeness (QED) is 0.785. The van der Waals surface area contributed by atoms with Gasteiger partial charge in [-0.2, -0.15) is 5.10 Å². The van der Waals surface area contributed by atoms with Gasteiger partial charge in [-0.15, -0.1) is 0 Å². The summed E-state index contributed by atoms with van der Waals surface area (Å²) in [4.78, 5) is 29.8. The van der Waals surface area contributed by atoms with Crippen molar-refractivity contribution >= 4 is 17.8 Å². The Kier molecular flexibility index (Phi) is 6.01. The Morgan fingerprint density at radius 3 is 2.89 bits per heavy atom. The molecule has 0 radical (unpaired) electrons. The Labute approximate surface area is 163 Å². The fourth-order valence-corrected chi connectivity index (χ4v) is 3.18. The van der Waals surface area contributed by atoms with Crippen molar-refractivity contribution in [3.05, 3.63) is 29.6 Å². The van der Waals surface area contributed by atoms with E-state index >= 15 is 0 Å². The number of anilines is 1. The number of nitrogens with one attached hydrogen (secondary N) is 2. The van der Waals surface area contributed by atoms with Gasteiger partial charge < -0.3 is 19.4 Å². The number of aromatic amines is 1. The zero-order valence-corrected chi connectivity index (χ0v) is 16.7. The van der Waals surface area contributed by atoms with Crippen LogP contribution in [-0.2, 0) is 16.0 Å². The van der Waals surface area contributed by atoms with Gasteiger partial charge in [0.1, 0.15) is 18.3 Å². The number of aryl methyl sites for hydroxylation is 1. The lowest BCUT2D eigenvalue weighted by Crippen LogP contribution is -2.35. The molecule has 0 aliphatic heterocycles. The zero-order chi connectivity index (χ0) is 20.3. The monoisotopic (exact) mass is 389 g/mol. The van der Waals surface area contributed by atoms with E-state index in [9.17, 15) is 9.59 Å². The second kappa shape index (κ2) is 8.45. The van der Waals surface area contributed by atoms with E-state index in [1.165, 1.54) is 0 Å². The first kappa shape index (κ1) is 19.9. The minimum atomic E-state index is -0.292. The summed E-state index contributed by atoms with van der Waals surface area (Å²) >= 11 is 0. The molecule has 3 rings (SSSR count). The Balaban J connectivity index is 1.50. The van der Waals surface area contributed by atoms with Gasteiger partial charge in [0, 0.05) is 30.8 Å². The average Bonchev–Trinajstić information content (AvgIpc) is 3.36. The van der Waals surface area contributed by atoms with Crippen molar-refractivity contribution in [2.45, 2.75) is 64.5 Å². The van der Waals surface area contributed by atoms with Crippen LogP contribution in [-0.4, -0.2) is 51.3 Å². The predicted molar refractivity (Wildman–Crippen MR) is 102 cm³/mol. The van der Waals surface area contributed by atoms with Crippen LogP contribution in [0.2, 0.25) is 0 Å². The minimum absolute atomic E-state index is 0.0564. The van der Waals surface area contributed by atoms with Crippen molar-refractivity contribution in [3.8, 4) is 0 Å². The smallest absolute Gasteiger partial charge is 0.410 e. The van der Waals surface area contributed by atoms with Gasteiger partial charge in [0.15, 0.2) is 5.82 Å². The van der Waals surface area contributed by atoms with Gasteiger partial charge in [0.2, 0.25) is 11.8 Å². The minimum Gasteiger partial charge on any atom is -0.446 e. The van der Waals surface area contributed by atoms with Crippen molar-refractivity contribution in [3.63, 3.8) is 0 Å². The molecule has 0 spiro atoms. The molecule has 2 amide bonds. The fourth-order valence-electron chi connectivity index (χ4n) is 3.18. The molecule has 2 N–H and O–H groups in total. The Morgan fingerprint density at radius 1 is 1.43 bits per heavy atom. The highest BCUT2D eigenvalue weighted by atomic mass is 16.6. The molecule has 2 aromatic rings. The molecule has 0 saturated heterocycles. The van der Waals surface area contributed by atoms with Crippen LogP contribution in [0.1, 0.15) is 56.4 Å². The molecule has 1 saturated carbocycles. The van der Waals surface area contributed by atoms with E-state index in [0.29, 0.717) is 17.5 Å². The van der Waals surface area contributed by atoms with E-state index in [1.807, 2.05) is 19.9 Å². The van der Waals surface area contributed by atoms with Crippen LogP contribution in [0.4, 0.5) is 10.6 Å². The van der Waals surface area contributed by atoms with E-state index < -0.39 is 0 Å². The third kappa shape index (κ3) is 4.90. The van der Waals surface area contributed by atoms with E-state index in [-0.39, 0.29) is 36.5 Å². The van der Waals surface area contributed by atoms with E-state index in [4.69, 9.17) is 9.15 Å². The lowest BCUT2D eigenvalue weighted by Gasteiger charge is -2.23. The van der Waals surface area contributed by atoms with Crippen LogP contribution in [0, 0.1) is 6.92 Å². The van der Waals surface area contributed by atoms with Crippen LogP contribution in [0.5, 0.6) is 0 Å². The number of hydrogen-bond donors (Lipinski definition) is 2. The van der Waals surface area contributed by atoms with E-state index in [1.54, 1.807) is 25.1 Å². The topological polar surface area (TPSA) is 113 Å². The molecule has 9 nitrogen and oxygen atoms in total. The number of amides is 2. The van der Waals surface area contributed by atoms with E-state index in [0.717, 1.165) is 25.0 Å². The Bertz CT molecular complexity index is 828. The Hall–Kier alpha value is -2.84. The summed E-state index contributed by atoms with van der Waals surface area (Å²) in [6.07, 6.45) is 3.69. The van der Waals surface area contributed by atoms with Crippen molar-refractivity contribution < 1.29 is 18.7 Å². The van der Waals surface area contributed by atoms with E-state index in [2.05, 4.69) is 20.5 Å². The summed E-state index contributed by atoms with van der Waals surface area (Å²) in [7, 11) is 1.74. The third-order valence-electron chi connectivity index (χ3n) is 5.00. The standard InChI is InChI=1S/C19H27N5O4/c1-11(2)24(4)19(26)28-14-6-5-13(7-14)15-8-16(23-22-15)21-17(25)9-18-20-10-12(3)27-18/h8,10-11,13-14H,5-7,9H2,1-4H3,(H2,21,22,23,25)/t13-,14+/m0/s1. The van der Waals surface area contributed by atoms with Gasteiger partial charge in [0.05, 0.1) is 6.20 Å². The summed E-state index contributed by atoms with van der Waals surface area (Å²) in [5.74, 6) is 1.48. The highest BCUT2D eigenvalue weighted by molar-refractivity contribution is 5.90. The van der Waals surface area contributed by atoms with Gasteiger partial charge >= 0.3 is 6.09 Å². The number of H-pyrrole nitrogens is 1. The first-order valence-corrected chi connectivity index (χ1v) is 9.51. The van der Waals surface area contributed by atoms with Crippen molar-refractivity contribution in [1.29, 1.82) is 0 Å². The van der Waals surface area contributed by atoms with Crippen LogP contribution < -0.4 is 5.32 Å². The molecule has 1 fully saturated rings. The molecule has 1 aliphatic carbocycles. The number of rotatable bonds is 6. The lowest BCUT2D eigenvalue weighted by molar-refractivity contribution is -0.115. The summed E-state index contributed by atoms with van der Waals surface area (Å²) < 4.78 is 10.9. The Morgan fingerprint density at radius 2 is 2.21 bits per heavy atom. The molecule has 28 heavy (non-hydrogen) atoms. The number of carbonyl (C=O) groups excluding carboxylic acids is 2. The lowest BCUT2D eigenvalue weighted by atomic mass is 10.0. The fraction of sp³-hybridized carbons (Fsp3) is 0.579. The summed E-state index contributed by atoms with van der Waals surface area (Å²) in [5, 5.41) is 9.88. The first-order chi connectivity index (χ1) is 13.3. The van der Waals surface area contributed by atoms with Crippen LogP contribution in [0.25, 0.3) is 0 Å². The van der Waals surface area contributed by atoms with Gasteiger partial charge in [0.25, 0.3) is 0 Å². The molecular weight excluding hydrogens is 362 g/mol. The number of carbonyl (C=O) groups is 2. The molecule has 2 aromatic heterocycles. The molecule has 0 unspecified atom stereocenters. The second-order valence-corrected chi connectivity index (χ2v) is 7.52. The molecule has 2 heterocycles. The van der Waals surface area contributed by atoms with Crippen LogP contribution in [0.15, 0.2) is 16.7 Å². The summed E-state index contributed by atoms with van der Waals surface area (Å²) in [5.41, 5.74) is 0.929. The zero-order valence-electron chi connectivity index (χ0n) is 16.7. The first-order valence-electron chi connectivity index (χ1n) is 9.51. The maximum absolute atomic E-state index is 12.1. The van der Waals surface area contributed by atoms with Gasteiger partial charge in [-0.05, 0) is 40.0 Å². The molecule has 0 bridgehead atoms. The second-order valence-electron chi connectivity index (χ2n) is 7.52. The molecular formula is C19H27N5O4.